The third-order valence-electron chi connectivity index (χ3n) is 3.78. The number of carbonyl (C=O) groups excluding carboxylic acids is 3. The van der Waals surface area contributed by atoms with Crippen LogP contribution in [0.15, 0.2) is 24.3 Å². The Morgan fingerprint density at radius 3 is 2.28 bits per heavy atom. The molecule has 7 heteroatoms. The van der Waals surface area contributed by atoms with Gasteiger partial charge in [0.2, 0.25) is 0 Å². The van der Waals surface area contributed by atoms with E-state index in [-0.39, 0.29) is 24.0 Å². The van der Waals surface area contributed by atoms with Gasteiger partial charge in [0.25, 0.3) is 11.8 Å². The molecular weight excluding hydrogens is 344 g/mol. The third-order valence-corrected chi connectivity index (χ3v) is 4.11. The fraction of sp³-hybridized carbons (Fsp3) is 0.500. The largest absolute Gasteiger partial charge is 0.454 e. The number of hydrogen-bond donors (Lipinski definition) is 1. The van der Waals surface area contributed by atoms with Gasteiger partial charge in [0, 0.05) is 13.1 Å². The number of ether oxygens (including phenoxy) is 1. The molecule has 2 amide bonds. The lowest BCUT2D eigenvalue weighted by Crippen LogP contribution is -2.46. The van der Waals surface area contributed by atoms with Crippen LogP contribution in [-0.2, 0) is 14.3 Å². The highest BCUT2D eigenvalue weighted by atomic mass is 35.5. The van der Waals surface area contributed by atoms with Gasteiger partial charge in [-0.3, -0.25) is 9.59 Å². The number of likely N-dealkylation sites (N-methyl/N-ethyl adjacent to an activating group) is 1. The summed E-state index contributed by atoms with van der Waals surface area (Å²) in [5, 5.41) is 2.93. The van der Waals surface area contributed by atoms with Crippen molar-refractivity contribution in [2.24, 2.45) is 5.92 Å². The minimum Gasteiger partial charge on any atom is -0.454 e. The Kier molecular flexibility index (Phi) is 8.41. The lowest BCUT2D eigenvalue weighted by molar-refractivity contribution is -0.154. The fourth-order valence-corrected chi connectivity index (χ4v) is 2.47. The normalized spacial score (nSPS) is 11.8. The van der Waals surface area contributed by atoms with Crippen LogP contribution >= 0.6 is 11.6 Å². The van der Waals surface area contributed by atoms with Gasteiger partial charge >= 0.3 is 5.97 Å². The Hall–Kier alpha value is -2.08. The van der Waals surface area contributed by atoms with Gasteiger partial charge in [-0.2, -0.15) is 0 Å². The van der Waals surface area contributed by atoms with Crippen LogP contribution in [0.4, 0.5) is 0 Å². The van der Waals surface area contributed by atoms with Crippen molar-refractivity contribution in [2.45, 2.75) is 33.7 Å². The van der Waals surface area contributed by atoms with Gasteiger partial charge in [-0.05, 0) is 31.9 Å². The molecule has 1 aromatic rings. The van der Waals surface area contributed by atoms with Gasteiger partial charge in [0.05, 0.1) is 10.6 Å². The van der Waals surface area contributed by atoms with Crippen molar-refractivity contribution in [2.75, 3.05) is 19.7 Å². The van der Waals surface area contributed by atoms with E-state index < -0.39 is 17.9 Å². The van der Waals surface area contributed by atoms with Crippen molar-refractivity contribution in [1.82, 2.24) is 10.2 Å². The molecule has 1 aromatic carbocycles. The number of carbonyl (C=O) groups is 3. The molecular formula is C18H25ClN2O4. The second kappa shape index (κ2) is 10.0. The number of nitrogens with zero attached hydrogens (tertiary/aromatic N) is 1. The number of hydrogen-bond acceptors (Lipinski definition) is 4. The molecule has 0 fully saturated rings. The molecule has 0 bridgehead atoms. The molecule has 0 saturated heterocycles. The number of rotatable bonds is 8. The summed E-state index contributed by atoms with van der Waals surface area (Å²) in [6.45, 7) is 8.02. The molecule has 0 saturated carbocycles. The standard InChI is InChI=1S/C18H25ClN2O4/c1-5-21(6-2)15(22)11-25-18(24)16(12(3)4)20-17(23)13-9-7-8-10-14(13)19/h7-10,12,16H,5-6,11H2,1-4H3,(H,20,23)/t16-/m0/s1. The van der Waals surface area contributed by atoms with E-state index in [0.29, 0.717) is 18.1 Å². The Morgan fingerprint density at radius 2 is 1.76 bits per heavy atom. The summed E-state index contributed by atoms with van der Waals surface area (Å²) in [5.74, 6) is -1.58. The van der Waals surface area contributed by atoms with Crippen molar-refractivity contribution >= 4 is 29.4 Å². The Balaban J connectivity index is 2.73. The summed E-state index contributed by atoms with van der Waals surface area (Å²) in [7, 11) is 0. The van der Waals surface area contributed by atoms with Crippen molar-refractivity contribution < 1.29 is 19.1 Å². The van der Waals surface area contributed by atoms with E-state index in [1.165, 1.54) is 0 Å². The molecule has 1 atom stereocenters. The monoisotopic (exact) mass is 368 g/mol. The highest BCUT2D eigenvalue weighted by Gasteiger charge is 2.27. The van der Waals surface area contributed by atoms with Crippen molar-refractivity contribution in [3.8, 4) is 0 Å². The number of amides is 2. The molecule has 0 aliphatic heterocycles. The summed E-state index contributed by atoms with van der Waals surface area (Å²) >= 11 is 6.00. The Morgan fingerprint density at radius 1 is 1.16 bits per heavy atom. The molecule has 1 N–H and O–H groups in total. The van der Waals surface area contributed by atoms with Crippen LogP contribution in [-0.4, -0.2) is 48.4 Å². The predicted molar refractivity (Wildman–Crippen MR) is 96.4 cm³/mol. The van der Waals surface area contributed by atoms with Crippen LogP contribution in [0, 0.1) is 5.92 Å². The van der Waals surface area contributed by atoms with Crippen molar-refractivity contribution in [1.29, 1.82) is 0 Å². The summed E-state index contributed by atoms with van der Waals surface area (Å²) in [4.78, 5) is 38.1. The highest BCUT2D eigenvalue weighted by Crippen LogP contribution is 2.15. The Bertz CT molecular complexity index is 615. The molecule has 0 heterocycles. The predicted octanol–water partition coefficient (Wildman–Crippen LogP) is 2.51. The minimum absolute atomic E-state index is 0.206. The van der Waals surface area contributed by atoms with Gasteiger partial charge in [-0.15, -0.1) is 0 Å². The fourth-order valence-electron chi connectivity index (χ4n) is 2.25. The maximum Gasteiger partial charge on any atom is 0.329 e. The first-order chi connectivity index (χ1) is 11.8. The molecule has 138 valence electrons. The molecule has 0 spiro atoms. The molecule has 0 unspecified atom stereocenters. The summed E-state index contributed by atoms with van der Waals surface area (Å²) in [5.41, 5.74) is 0.279. The number of halogens is 1. The second-order valence-electron chi connectivity index (χ2n) is 5.85. The SMILES string of the molecule is CCN(CC)C(=O)COC(=O)[C@@H](NC(=O)c1ccccc1Cl)C(C)C. The first-order valence-corrected chi connectivity index (χ1v) is 8.69. The molecule has 0 aromatic heterocycles. The maximum absolute atomic E-state index is 12.3. The van der Waals surface area contributed by atoms with Crippen LogP contribution in [0.5, 0.6) is 0 Å². The minimum atomic E-state index is -0.867. The van der Waals surface area contributed by atoms with Crippen LogP contribution in [0.1, 0.15) is 38.1 Å². The average molecular weight is 369 g/mol. The van der Waals surface area contributed by atoms with Gasteiger partial charge in [0.1, 0.15) is 6.04 Å². The molecule has 0 aliphatic rings. The van der Waals surface area contributed by atoms with Crippen molar-refractivity contribution in [3.05, 3.63) is 34.9 Å². The number of benzene rings is 1. The lowest BCUT2D eigenvalue weighted by atomic mass is 10.0. The van der Waals surface area contributed by atoms with E-state index in [1.807, 2.05) is 13.8 Å². The quantitative estimate of drug-likeness (QED) is 0.715. The zero-order valence-corrected chi connectivity index (χ0v) is 15.8. The first kappa shape index (κ1) is 21.0. The number of esters is 1. The zero-order chi connectivity index (χ0) is 19.0. The number of nitrogens with one attached hydrogen (secondary N) is 1. The zero-order valence-electron chi connectivity index (χ0n) is 15.0. The van der Waals surface area contributed by atoms with E-state index in [4.69, 9.17) is 16.3 Å². The molecule has 25 heavy (non-hydrogen) atoms. The summed E-state index contributed by atoms with van der Waals surface area (Å²) in [6, 6.07) is 5.71. The first-order valence-electron chi connectivity index (χ1n) is 8.31. The van der Waals surface area contributed by atoms with Gasteiger partial charge in [-0.1, -0.05) is 37.6 Å². The maximum atomic E-state index is 12.3. The van der Waals surface area contributed by atoms with E-state index in [9.17, 15) is 14.4 Å². The molecule has 0 radical (unpaired) electrons. The molecule has 0 aliphatic carbocycles. The van der Waals surface area contributed by atoms with Crippen LogP contribution < -0.4 is 5.32 Å². The smallest absolute Gasteiger partial charge is 0.329 e. The van der Waals surface area contributed by atoms with E-state index in [2.05, 4.69) is 5.32 Å². The topological polar surface area (TPSA) is 75.7 Å². The van der Waals surface area contributed by atoms with E-state index in [0.717, 1.165) is 0 Å². The van der Waals surface area contributed by atoms with Gasteiger partial charge in [-0.25, -0.2) is 4.79 Å². The second-order valence-corrected chi connectivity index (χ2v) is 6.26. The Labute approximate surface area is 153 Å². The lowest BCUT2D eigenvalue weighted by Gasteiger charge is -2.22. The van der Waals surface area contributed by atoms with Crippen LogP contribution in [0.2, 0.25) is 5.02 Å². The molecule has 6 nitrogen and oxygen atoms in total. The van der Waals surface area contributed by atoms with Crippen LogP contribution in [0.3, 0.4) is 0 Å². The highest BCUT2D eigenvalue weighted by molar-refractivity contribution is 6.33. The van der Waals surface area contributed by atoms with Crippen LogP contribution in [0.25, 0.3) is 0 Å². The third kappa shape index (κ3) is 6.05. The molecule has 1 rings (SSSR count). The van der Waals surface area contributed by atoms with Crippen molar-refractivity contribution in [3.63, 3.8) is 0 Å². The summed E-state index contributed by atoms with van der Waals surface area (Å²) < 4.78 is 5.10. The van der Waals surface area contributed by atoms with Gasteiger partial charge in [0.15, 0.2) is 6.61 Å². The average Bonchev–Trinajstić information content (AvgIpc) is 2.58. The van der Waals surface area contributed by atoms with Gasteiger partial charge < -0.3 is 15.0 Å². The van der Waals surface area contributed by atoms with E-state index >= 15 is 0 Å². The summed E-state index contributed by atoms with van der Waals surface area (Å²) in [6.07, 6.45) is 0. The van der Waals surface area contributed by atoms with E-state index in [1.54, 1.807) is 43.0 Å².